The van der Waals surface area contributed by atoms with Gasteiger partial charge in [0.15, 0.2) is 11.8 Å². The van der Waals surface area contributed by atoms with Gasteiger partial charge in [0, 0.05) is 5.92 Å². The molecule has 1 rings (SSSR count). The molecular formula is C6H8F4. The molecule has 4 heteroatoms. The summed E-state index contributed by atoms with van der Waals surface area (Å²) >= 11 is 0. The van der Waals surface area contributed by atoms with Gasteiger partial charge in [-0.05, 0) is 6.92 Å². The third kappa shape index (κ3) is 0.571. The first-order chi connectivity index (χ1) is 4.32. The highest BCUT2D eigenvalue weighted by molar-refractivity contribution is 5.12. The van der Waals surface area contributed by atoms with Crippen LogP contribution in [0.3, 0.4) is 0 Å². The summed E-state index contributed by atoms with van der Waals surface area (Å²) in [5, 5.41) is 0. The van der Waals surface area contributed by atoms with E-state index in [1.165, 1.54) is 0 Å². The fraction of sp³-hybridized carbons (Fsp3) is 1.00. The van der Waals surface area contributed by atoms with Crippen LogP contribution in [0, 0.1) is 5.92 Å². The fourth-order valence-electron chi connectivity index (χ4n) is 1.07. The lowest BCUT2D eigenvalue weighted by molar-refractivity contribution is -0.286. The Morgan fingerprint density at radius 3 is 1.70 bits per heavy atom. The minimum Gasteiger partial charge on any atom is -0.240 e. The van der Waals surface area contributed by atoms with Crippen LogP contribution in [0.5, 0.6) is 0 Å². The largest absolute Gasteiger partial charge is 0.312 e. The first kappa shape index (κ1) is 7.82. The van der Waals surface area contributed by atoms with Crippen LogP contribution in [-0.2, 0) is 0 Å². The molecule has 60 valence electrons. The van der Waals surface area contributed by atoms with Crippen LogP contribution in [0.4, 0.5) is 17.6 Å². The van der Waals surface area contributed by atoms with Crippen molar-refractivity contribution in [3.63, 3.8) is 0 Å². The molecule has 0 spiro atoms. The lowest BCUT2D eigenvalue weighted by Gasteiger charge is -2.48. The minimum atomic E-state index is -3.79. The van der Waals surface area contributed by atoms with Gasteiger partial charge in [-0.25, -0.2) is 8.78 Å². The molecule has 3 unspecified atom stereocenters. The quantitative estimate of drug-likeness (QED) is 0.472. The third-order valence-electron chi connectivity index (χ3n) is 2.29. The van der Waals surface area contributed by atoms with Gasteiger partial charge in [-0.3, -0.25) is 0 Å². The Hall–Kier alpha value is -0.280. The Morgan fingerprint density at radius 2 is 1.60 bits per heavy atom. The summed E-state index contributed by atoms with van der Waals surface area (Å²) in [4.78, 5) is 0. The summed E-state index contributed by atoms with van der Waals surface area (Å²) in [6.07, 6.45) is -2.32. The van der Waals surface area contributed by atoms with Gasteiger partial charge in [0.05, 0.1) is 0 Å². The summed E-state index contributed by atoms with van der Waals surface area (Å²) in [7, 11) is 0. The van der Waals surface area contributed by atoms with Gasteiger partial charge in [-0.15, -0.1) is 0 Å². The van der Waals surface area contributed by atoms with E-state index in [4.69, 9.17) is 0 Å². The molecule has 0 heterocycles. The van der Waals surface area contributed by atoms with E-state index in [-0.39, 0.29) is 0 Å². The van der Waals surface area contributed by atoms with Crippen molar-refractivity contribution in [3.05, 3.63) is 0 Å². The summed E-state index contributed by atoms with van der Waals surface area (Å²) < 4.78 is 49.3. The fourth-order valence-corrected chi connectivity index (χ4v) is 1.07. The predicted molar refractivity (Wildman–Crippen MR) is 28.5 cm³/mol. The lowest BCUT2D eigenvalue weighted by atomic mass is 9.68. The molecular weight excluding hydrogens is 148 g/mol. The molecule has 0 nitrogen and oxygen atoms in total. The van der Waals surface area contributed by atoms with E-state index in [1.807, 2.05) is 0 Å². The van der Waals surface area contributed by atoms with E-state index in [2.05, 4.69) is 0 Å². The van der Waals surface area contributed by atoms with Gasteiger partial charge in [0.2, 0.25) is 0 Å². The molecule has 1 fully saturated rings. The van der Waals surface area contributed by atoms with Gasteiger partial charge in [0.25, 0.3) is 0 Å². The monoisotopic (exact) mass is 156 g/mol. The number of halogens is 4. The van der Waals surface area contributed by atoms with Crippen LogP contribution in [0.2, 0.25) is 0 Å². The van der Waals surface area contributed by atoms with Crippen LogP contribution in [0.15, 0.2) is 0 Å². The Morgan fingerprint density at radius 1 is 1.20 bits per heavy atom. The molecule has 0 radical (unpaired) electrons. The highest BCUT2D eigenvalue weighted by Crippen LogP contribution is 2.55. The minimum absolute atomic E-state index is 0.730. The SMILES string of the molecule is CC1C(F)C(F)(F)C1(C)F. The molecule has 10 heavy (non-hydrogen) atoms. The zero-order valence-electron chi connectivity index (χ0n) is 5.67. The highest BCUT2D eigenvalue weighted by atomic mass is 19.3. The smallest absolute Gasteiger partial charge is 0.240 e. The van der Waals surface area contributed by atoms with Gasteiger partial charge in [-0.2, -0.15) is 8.78 Å². The zero-order valence-corrected chi connectivity index (χ0v) is 5.67. The molecule has 0 aliphatic heterocycles. The van der Waals surface area contributed by atoms with Crippen LogP contribution >= 0.6 is 0 Å². The molecule has 0 bridgehead atoms. The van der Waals surface area contributed by atoms with Crippen molar-refractivity contribution in [1.82, 2.24) is 0 Å². The van der Waals surface area contributed by atoms with E-state index >= 15 is 0 Å². The van der Waals surface area contributed by atoms with Gasteiger partial charge < -0.3 is 0 Å². The van der Waals surface area contributed by atoms with Crippen molar-refractivity contribution in [2.24, 2.45) is 5.92 Å². The molecule has 3 atom stereocenters. The second kappa shape index (κ2) is 1.66. The normalized spacial score (nSPS) is 52.2. The van der Waals surface area contributed by atoms with Gasteiger partial charge >= 0.3 is 5.92 Å². The van der Waals surface area contributed by atoms with Crippen molar-refractivity contribution >= 4 is 0 Å². The maximum Gasteiger partial charge on any atom is 0.312 e. The number of alkyl halides is 4. The first-order valence-corrected chi connectivity index (χ1v) is 3.02. The van der Waals surface area contributed by atoms with Crippen LogP contribution < -0.4 is 0 Å². The molecule has 0 aromatic rings. The summed E-state index contributed by atoms with van der Waals surface area (Å²) in [5.74, 6) is -4.98. The highest BCUT2D eigenvalue weighted by Gasteiger charge is 2.73. The zero-order chi connectivity index (χ0) is 8.15. The average Bonchev–Trinajstić information content (AvgIpc) is 1.84. The Labute approximate surface area is 56.2 Å². The van der Waals surface area contributed by atoms with E-state index in [0.29, 0.717) is 0 Å². The molecule has 1 aliphatic carbocycles. The maximum atomic E-state index is 12.6. The summed E-state index contributed by atoms with van der Waals surface area (Å²) in [6, 6.07) is 0. The van der Waals surface area contributed by atoms with E-state index in [9.17, 15) is 17.6 Å². The summed E-state index contributed by atoms with van der Waals surface area (Å²) in [6.45, 7) is 1.87. The Balaban J connectivity index is 2.82. The lowest BCUT2D eigenvalue weighted by Crippen LogP contribution is -2.68. The van der Waals surface area contributed by atoms with Crippen molar-refractivity contribution in [3.8, 4) is 0 Å². The molecule has 1 saturated carbocycles. The van der Waals surface area contributed by atoms with E-state index in [1.54, 1.807) is 0 Å². The van der Waals surface area contributed by atoms with Crippen molar-refractivity contribution in [2.45, 2.75) is 31.6 Å². The predicted octanol–water partition coefficient (Wildman–Crippen LogP) is 2.34. The van der Waals surface area contributed by atoms with Gasteiger partial charge in [-0.1, -0.05) is 6.92 Å². The molecule has 0 aromatic carbocycles. The molecule has 1 aliphatic rings. The second-order valence-electron chi connectivity index (χ2n) is 2.89. The molecule has 0 aromatic heterocycles. The van der Waals surface area contributed by atoms with Crippen molar-refractivity contribution in [2.75, 3.05) is 0 Å². The van der Waals surface area contributed by atoms with Crippen LogP contribution in [0.1, 0.15) is 13.8 Å². The van der Waals surface area contributed by atoms with Crippen molar-refractivity contribution in [1.29, 1.82) is 0 Å². The topological polar surface area (TPSA) is 0 Å². The average molecular weight is 156 g/mol. The summed E-state index contributed by atoms with van der Waals surface area (Å²) in [5.41, 5.74) is -2.66. The molecule has 0 saturated heterocycles. The maximum absolute atomic E-state index is 12.6. The van der Waals surface area contributed by atoms with Gasteiger partial charge in [0.1, 0.15) is 0 Å². The first-order valence-electron chi connectivity index (χ1n) is 3.02. The number of hydrogen-bond donors (Lipinski definition) is 0. The Kier molecular flexibility index (Phi) is 1.29. The standard InChI is InChI=1S/C6H8F4/c1-3-4(7)6(9,10)5(3,2)8/h3-4H,1-2H3. The second-order valence-corrected chi connectivity index (χ2v) is 2.89. The van der Waals surface area contributed by atoms with E-state index < -0.39 is 23.7 Å². The molecule has 0 N–H and O–H groups in total. The Bertz CT molecular complexity index is 134. The van der Waals surface area contributed by atoms with E-state index in [0.717, 1.165) is 13.8 Å². The number of hydrogen-bond acceptors (Lipinski definition) is 0. The van der Waals surface area contributed by atoms with Crippen molar-refractivity contribution < 1.29 is 17.6 Å². The third-order valence-corrected chi connectivity index (χ3v) is 2.29. The molecule has 0 amide bonds. The van der Waals surface area contributed by atoms with Crippen LogP contribution in [0.25, 0.3) is 0 Å². The van der Waals surface area contributed by atoms with Crippen LogP contribution in [-0.4, -0.2) is 17.8 Å². The number of rotatable bonds is 0.